The first kappa shape index (κ1) is 23.1. The Kier molecular flexibility index (Phi) is 8.19. The Morgan fingerprint density at radius 3 is 2.43 bits per heavy atom. The summed E-state index contributed by atoms with van der Waals surface area (Å²) in [6.45, 7) is 4.13. The van der Waals surface area contributed by atoms with Gasteiger partial charge in [0.15, 0.2) is 0 Å². The topological polar surface area (TPSA) is 48.9 Å². The molecule has 2 aliphatic rings. The van der Waals surface area contributed by atoms with E-state index < -0.39 is 12.8 Å². The molecule has 0 unspecified atom stereocenters. The van der Waals surface area contributed by atoms with Gasteiger partial charge in [-0.3, -0.25) is 9.69 Å². The third kappa shape index (κ3) is 6.72. The molecule has 0 bridgehead atoms. The van der Waals surface area contributed by atoms with Crippen molar-refractivity contribution in [1.29, 1.82) is 0 Å². The predicted octanol–water partition coefficient (Wildman–Crippen LogP) is 3.45. The van der Waals surface area contributed by atoms with Gasteiger partial charge >= 0.3 is 6.18 Å². The number of piperidine rings is 1. The number of pyridine rings is 1. The van der Waals surface area contributed by atoms with Crippen molar-refractivity contribution in [1.82, 2.24) is 14.8 Å². The highest BCUT2D eigenvalue weighted by atomic mass is 35.5. The van der Waals surface area contributed by atoms with Gasteiger partial charge in [-0.15, -0.1) is 0 Å². The molecule has 6 nitrogen and oxygen atoms in total. The molecule has 0 aliphatic carbocycles. The van der Waals surface area contributed by atoms with Gasteiger partial charge in [-0.25, -0.2) is 4.98 Å². The van der Waals surface area contributed by atoms with Crippen LogP contribution in [0.1, 0.15) is 36.0 Å². The molecular weight excluding hydrogens is 421 g/mol. The van der Waals surface area contributed by atoms with Crippen molar-refractivity contribution in [2.45, 2.75) is 31.9 Å². The molecular formula is C20H28ClF3N4O2. The first-order chi connectivity index (χ1) is 14.3. The summed E-state index contributed by atoms with van der Waals surface area (Å²) >= 11 is 6.44. The second-order valence-corrected chi connectivity index (χ2v) is 8.14. The van der Waals surface area contributed by atoms with E-state index in [4.69, 9.17) is 11.6 Å². The van der Waals surface area contributed by atoms with Crippen LogP contribution in [0.15, 0.2) is 12.3 Å². The second-order valence-electron chi connectivity index (χ2n) is 7.73. The number of aromatic nitrogens is 1. The minimum absolute atomic E-state index is 0.0202. The lowest BCUT2D eigenvalue weighted by Crippen LogP contribution is -2.47. The number of likely N-dealkylation sites (tertiary alicyclic amines) is 1. The second kappa shape index (κ2) is 10.6. The van der Waals surface area contributed by atoms with Crippen molar-refractivity contribution >= 4 is 23.3 Å². The quantitative estimate of drug-likeness (QED) is 0.598. The largest absolute Gasteiger partial charge is 0.411 e. The molecule has 0 aromatic carbocycles. The molecule has 2 aliphatic heterocycles. The lowest BCUT2D eigenvalue weighted by Gasteiger charge is -2.35. The first-order valence-electron chi connectivity index (χ1n) is 10.4. The Morgan fingerprint density at radius 1 is 1.10 bits per heavy atom. The van der Waals surface area contributed by atoms with Gasteiger partial charge in [-0.1, -0.05) is 11.6 Å². The van der Waals surface area contributed by atoms with E-state index in [1.807, 2.05) is 4.90 Å². The highest BCUT2D eigenvalue weighted by molar-refractivity contribution is 6.33. The zero-order valence-electron chi connectivity index (χ0n) is 17.0. The summed E-state index contributed by atoms with van der Waals surface area (Å²) in [6, 6.07) is 1.70. The number of amides is 1. The standard InChI is InChI=1S/C20H28ClF3N4O2/c21-17-13-16(19(29)28-6-2-1-3-7-28)14-25-18(17)27-10-8-26(9-11-27)5-4-12-30-15-20(22,23)24/h13-14H,1-12,15H2. The van der Waals surface area contributed by atoms with E-state index in [1.54, 1.807) is 12.3 Å². The van der Waals surface area contributed by atoms with Gasteiger partial charge < -0.3 is 14.5 Å². The van der Waals surface area contributed by atoms with E-state index >= 15 is 0 Å². The number of carbonyl (C=O) groups is 1. The van der Waals surface area contributed by atoms with Gasteiger partial charge in [0, 0.05) is 58.6 Å². The fraction of sp³-hybridized carbons (Fsp3) is 0.700. The van der Waals surface area contributed by atoms with Gasteiger partial charge in [0.2, 0.25) is 0 Å². The lowest BCUT2D eigenvalue weighted by atomic mass is 10.1. The minimum Gasteiger partial charge on any atom is -0.372 e. The number of hydrogen-bond donors (Lipinski definition) is 0. The molecule has 0 radical (unpaired) electrons. The van der Waals surface area contributed by atoms with E-state index in [0.29, 0.717) is 29.4 Å². The van der Waals surface area contributed by atoms with Crippen LogP contribution in [0.4, 0.5) is 19.0 Å². The van der Waals surface area contributed by atoms with Gasteiger partial charge in [0.05, 0.1) is 10.6 Å². The molecule has 0 N–H and O–H groups in total. The van der Waals surface area contributed by atoms with Crippen LogP contribution in [0.2, 0.25) is 5.02 Å². The Labute approximate surface area is 179 Å². The Bertz CT molecular complexity index is 706. The molecule has 30 heavy (non-hydrogen) atoms. The van der Waals surface area contributed by atoms with Crippen LogP contribution in [0.3, 0.4) is 0 Å². The number of hydrogen-bond acceptors (Lipinski definition) is 5. The molecule has 1 aromatic rings. The third-order valence-electron chi connectivity index (χ3n) is 5.41. The number of alkyl halides is 3. The average molecular weight is 449 g/mol. The molecule has 168 valence electrons. The fourth-order valence-corrected chi connectivity index (χ4v) is 4.11. The van der Waals surface area contributed by atoms with Crippen molar-refractivity contribution < 1.29 is 22.7 Å². The normalized spacial score (nSPS) is 18.7. The summed E-state index contributed by atoms with van der Waals surface area (Å²) in [6.07, 6.45) is 1.11. The molecule has 1 amide bonds. The van der Waals surface area contributed by atoms with Crippen molar-refractivity contribution in [2.75, 3.05) is 63.9 Å². The van der Waals surface area contributed by atoms with Crippen LogP contribution in [0, 0.1) is 0 Å². The number of halogens is 4. The maximum absolute atomic E-state index is 12.6. The molecule has 0 saturated carbocycles. The number of piperazine rings is 1. The monoisotopic (exact) mass is 448 g/mol. The van der Waals surface area contributed by atoms with E-state index in [-0.39, 0.29) is 12.5 Å². The van der Waals surface area contributed by atoms with Gasteiger partial charge in [-0.2, -0.15) is 13.2 Å². The molecule has 0 atom stereocenters. The summed E-state index contributed by atoms with van der Waals surface area (Å²) in [7, 11) is 0. The van der Waals surface area contributed by atoms with Crippen LogP contribution < -0.4 is 4.90 Å². The number of carbonyl (C=O) groups excluding carboxylic acids is 1. The van der Waals surface area contributed by atoms with Crippen LogP contribution >= 0.6 is 11.6 Å². The predicted molar refractivity (Wildman–Crippen MR) is 109 cm³/mol. The van der Waals surface area contributed by atoms with Crippen LogP contribution in [-0.4, -0.2) is 85.9 Å². The molecule has 1 aromatic heterocycles. The Balaban J connectivity index is 1.44. The van der Waals surface area contributed by atoms with Crippen LogP contribution in [0.25, 0.3) is 0 Å². The van der Waals surface area contributed by atoms with E-state index in [0.717, 1.165) is 58.5 Å². The third-order valence-corrected chi connectivity index (χ3v) is 5.69. The number of rotatable bonds is 7. The molecule has 3 heterocycles. The van der Waals surface area contributed by atoms with Crippen LogP contribution in [0.5, 0.6) is 0 Å². The van der Waals surface area contributed by atoms with Crippen molar-refractivity contribution in [3.63, 3.8) is 0 Å². The van der Waals surface area contributed by atoms with Crippen molar-refractivity contribution in [3.05, 3.63) is 22.8 Å². The SMILES string of the molecule is O=C(c1cnc(N2CCN(CCCOCC(F)(F)F)CC2)c(Cl)c1)N1CCCCC1. The molecule has 2 saturated heterocycles. The number of nitrogens with zero attached hydrogens (tertiary/aromatic N) is 4. The van der Waals surface area contributed by atoms with E-state index in [2.05, 4.69) is 19.5 Å². The average Bonchev–Trinajstić information content (AvgIpc) is 2.73. The van der Waals surface area contributed by atoms with Crippen LogP contribution in [-0.2, 0) is 4.74 Å². The molecule has 10 heteroatoms. The minimum atomic E-state index is -4.27. The summed E-state index contributed by atoms with van der Waals surface area (Å²) in [5, 5.41) is 0.465. The first-order valence-corrected chi connectivity index (χ1v) is 10.8. The number of ether oxygens (including phenoxy) is 1. The van der Waals surface area contributed by atoms with Gasteiger partial charge in [0.1, 0.15) is 12.4 Å². The van der Waals surface area contributed by atoms with Gasteiger partial charge in [-0.05, 0) is 31.7 Å². The highest BCUT2D eigenvalue weighted by Gasteiger charge is 2.27. The molecule has 3 rings (SSSR count). The fourth-order valence-electron chi connectivity index (χ4n) is 3.82. The van der Waals surface area contributed by atoms with E-state index in [9.17, 15) is 18.0 Å². The summed E-state index contributed by atoms with van der Waals surface area (Å²) in [5.41, 5.74) is 0.517. The molecule has 0 spiro atoms. The zero-order valence-corrected chi connectivity index (χ0v) is 17.7. The lowest BCUT2D eigenvalue weighted by molar-refractivity contribution is -0.174. The smallest absolute Gasteiger partial charge is 0.372 e. The highest BCUT2D eigenvalue weighted by Crippen LogP contribution is 2.26. The van der Waals surface area contributed by atoms with Gasteiger partial charge in [0.25, 0.3) is 5.91 Å². The van der Waals surface area contributed by atoms with E-state index in [1.165, 1.54) is 0 Å². The maximum atomic E-state index is 12.6. The van der Waals surface area contributed by atoms with Crippen molar-refractivity contribution in [3.8, 4) is 0 Å². The number of anilines is 1. The maximum Gasteiger partial charge on any atom is 0.411 e. The molecule has 2 fully saturated rings. The Morgan fingerprint density at radius 2 is 1.80 bits per heavy atom. The summed E-state index contributed by atoms with van der Waals surface area (Å²) in [5.74, 6) is 0.647. The summed E-state index contributed by atoms with van der Waals surface area (Å²) < 4.78 is 40.8. The van der Waals surface area contributed by atoms with Crippen molar-refractivity contribution in [2.24, 2.45) is 0 Å². The zero-order chi connectivity index (χ0) is 21.6. The Hall–Kier alpha value is -1.58. The summed E-state index contributed by atoms with van der Waals surface area (Å²) in [4.78, 5) is 23.2.